The number of nitrogens with zero attached hydrogens (tertiary/aromatic N) is 7. The molecule has 1 aromatic heterocycles. The first-order chi connectivity index (χ1) is 59.4. The summed E-state index contributed by atoms with van der Waals surface area (Å²) >= 11 is 2.28. The summed E-state index contributed by atoms with van der Waals surface area (Å²) in [4.78, 5) is 18.8. The number of para-hydroxylation sites is 2. The number of aromatic nitrogens is 1. The van der Waals surface area contributed by atoms with Crippen molar-refractivity contribution < 1.29 is 91.1 Å². The summed E-state index contributed by atoms with van der Waals surface area (Å²) in [5, 5.41) is 46.8. The van der Waals surface area contributed by atoms with Gasteiger partial charge in [-0.15, -0.1) is 5.60 Å². The zero-order valence-electron chi connectivity index (χ0n) is 79.0. The maximum atomic E-state index is 10.1. The minimum absolute atomic E-state index is 0. The molecule has 15 nitrogen and oxygen atoms in total. The Morgan fingerprint density at radius 1 is 0.352 bits per heavy atom. The second-order valence-electron chi connectivity index (χ2n) is 36.6. The van der Waals surface area contributed by atoms with Crippen molar-refractivity contribution in [1.29, 1.82) is 0 Å². The smallest absolute Gasteiger partial charge is 0.850 e. The van der Waals surface area contributed by atoms with E-state index >= 15 is 0 Å². The Labute approximate surface area is 819 Å². The van der Waals surface area contributed by atoms with Gasteiger partial charge in [0.1, 0.15) is 41.3 Å². The van der Waals surface area contributed by atoms with Gasteiger partial charge in [0.05, 0.1) is 18.3 Å². The first-order valence-corrected chi connectivity index (χ1v) is 48.3. The molecule has 0 saturated carbocycles. The zero-order valence-corrected chi connectivity index (χ0v) is 85.3. The quantitative estimate of drug-likeness (QED) is 0.0797. The van der Waals surface area contributed by atoms with E-state index in [1.165, 1.54) is 217 Å². The van der Waals surface area contributed by atoms with Crippen LogP contribution in [-0.2, 0) is 6.42 Å². The fourth-order valence-electron chi connectivity index (χ4n) is 17.5. The number of hydrogen-bond acceptors (Lipinski definition) is 15. The Morgan fingerprint density at radius 3 is 0.776 bits per heavy atom. The third-order valence-corrected chi connectivity index (χ3v) is 25.3. The summed E-state index contributed by atoms with van der Waals surface area (Å²) in [6.07, 6.45) is 23.1. The van der Waals surface area contributed by atoms with Crippen molar-refractivity contribution in [3.8, 4) is 45.3 Å². The van der Waals surface area contributed by atoms with E-state index in [1.807, 2.05) is 61.7 Å². The van der Waals surface area contributed by atoms with E-state index in [9.17, 15) is 20.4 Å². The minimum Gasteiger partial charge on any atom is -0.850 e. The van der Waals surface area contributed by atoms with Crippen LogP contribution in [0.25, 0.3) is 22.3 Å². The van der Waals surface area contributed by atoms with Gasteiger partial charge in [-0.05, 0) is 335 Å². The van der Waals surface area contributed by atoms with Gasteiger partial charge in [-0.3, -0.25) is 19.7 Å². The number of benzene rings is 7. The summed E-state index contributed by atoms with van der Waals surface area (Å²) < 4.78 is 19.9. The summed E-state index contributed by atoms with van der Waals surface area (Å²) in [6, 6.07) is 67.8. The summed E-state index contributed by atoms with van der Waals surface area (Å²) in [5.74, 6) is 7.56. The molecule has 4 N–H and O–H groups in total. The topological polar surface area (TPSA) is 164 Å². The van der Waals surface area contributed by atoms with Gasteiger partial charge in [-0.25, -0.2) is 0 Å². The standard InChI is InChI=1S/2C20H23NO.C13H17NO.C8H11N.3C7H13NO.C6H5I.C6H6O.C4H9O.3C3H8.K.H2S/c2*1-15-2-4-16(5-3-15)17-6-8-19(9-7-17)22-20-14-21-12-10-18(20)11-13-21;1-2-4-12(5-3-1)15-13-10-14-8-6-11(13)7-9-14;1-3-8-5-4-7(2)9-6-8;3*9-7-5-8-3-1-6(7)2-4-8;2*7-6-4-2-1-3-5-6;1-4(2,3)5;3*1-3-2;;/h2*2-9,18,20H,10-14H2,1H3;1-5,11,13H,6-10H2;4-6H,3H2,1-2H3;3*6-7,9H,1-5H2;1-5H;1-5,7H;1-3H3;3*3H2,1-2H3;;1H2/q;;;;;;;;;-1;;;;+1;/t2*20-;13-;;3*7-;;;;;;;;/m000.100......../s1. The Balaban J connectivity index is 0.000000219. The number of aliphatic hydroxyl groups excluding tert-OH is 3. The molecule has 18 fully saturated rings. The van der Waals surface area contributed by atoms with Gasteiger partial charge in [0.15, 0.2) is 0 Å². The van der Waals surface area contributed by atoms with E-state index in [4.69, 9.17) is 19.3 Å². The van der Waals surface area contributed by atoms with Gasteiger partial charge in [-0.1, -0.05) is 233 Å². The Kier molecular flexibility index (Phi) is 52.6. The largest absolute Gasteiger partial charge is 1.00 e. The SMILES string of the molecule is CC(C)(C)[O-].CCC.CCC.CCC.CCc1ccc(C)nc1.Cc1ccc(-c2ccc(O[C@H]3CN4CCC3CC4)cc2)cc1.Cc1ccc(-c2ccc(O[C@H]3CN4CCC3CC4)cc2)cc1.Ic1ccccc1.O[C@@H]1CN2CCC1CC2.O[C@H]1CN2CCC1CC2.O[C@H]1CN2CCC1CC2.Oc1ccccc1.S.[K+].c1ccc(O[C@H]2CN3CCC2CC3)cc1. The number of aryl methyl sites for hydroxylation is 4. The third kappa shape index (κ3) is 41.3. The van der Waals surface area contributed by atoms with Gasteiger partial charge in [0.25, 0.3) is 0 Å². The van der Waals surface area contributed by atoms with Crippen LogP contribution in [0.5, 0.6) is 23.0 Å². The number of fused-ring (bicyclic) bond motifs is 18. The molecular weight excluding hydrogens is 1710 g/mol. The Bertz CT molecular complexity index is 3770. The van der Waals surface area contributed by atoms with E-state index < -0.39 is 5.60 Å². The van der Waals surface area contributed by atoms with E-state index in [0.717, 1.165) is 86.4 Å². The average molecular weight is 1870 g/mol. The zero-order chi connectivity index (χ0) is 88.3. The summed E-state index contributed by atoms with van der Waals surface area (Å²) in [7, 11) is 0. The molecule has 19 heterocycles. The molecule has 18 aliphatic rings. The number of rotatable bonds is 9. The second kappa shape index (κ2) is 60.3. The van der Waals surface area contributed by atoms with Gasteiger partial charge >= 0.3 is 51.4 Å². The van der Waals surface area contributed by atoms with Crippen molar-refractivity contribution in [3.05, 3.63) is 232 Å². The molecule has 8 aromatic rings. The van der Waals surface area contributed by atoms with Crippen LogP contribution in [0.3, 0.4) is 0 Å². The van der Waals surface area contributed by atoms with Crippen LogP contribution in [-0.4, -0.2) is 215 Å². The van der Waals surface area contributed by atoms with Gasteiger partial charge in [0.2, 0.25) is 0 Å². The molecule has 18 heteroatoms. The molecule has 0 amide bonds. The number of ether oxygens (including phenoxy) is 3. The number of piperidine rings is 18. The van der Waals surface area contributed by atoms with Crippen LogP contribution in [0.1, 0.15) is 188 Å². The fraction of sp³-hybridized carbons (Fsp3) is 0.561. The number of pyridine rings is 1. The van der Waals surface area contributed by atoms with Gasteiger partial charge in [0, 0.05) is 54.7 Å². The predicted molar refractivity (Wildman–Crippen MR) is 530 cm³/mol. The molecule has 125 heavy (non-hydrogen) atoms. The maximum Gasteiger partial charge on any atom is 1.00 e. The van der Waals surface area contributed by atoms with Crippen LogP contribution >= 0.6 is 36.1 Å². The van der Waals surface area contributed by atoms with Crippen molar-refractivity contribution in [2.75, 3.05) is 118 Å². The third-order valence-electron chi connectivity index (χ3n) is 24.6. The van der Waals surface area contributed by atoms with Crippen LogP contribution in [0, 0.1) is 59.8 Å². The molecule has 0 unspecified atom stereocenters. The number of halogens is 1. The molecular formula is C107H159IKN7O8S. The number of hydrogen-bond donors (Lipinski definition) is 4. The normalized spacial score (nSPS) is 26.8. The molecule has 18 aliphatic heterocycles. The molecule has 0 aliphatic carbocycles. The summed E-state index contributed by atoms with van der Waals surface area (Å²) in [5.41, 5.74) is 9.27. The number of aliphatic hydroxyl groups is 3. The van der Waals surface area contributed by atoms with Gasteiger partial charge < -0.3 is 54.4 Å². The van der Waals surface area contributed by atoms with Crippen molar-refractivity contribution in [2.45, 2.75) is 235 Å². The molecule has 0 radical (unpaired) electrons. The van der Waals surface area contributed by atoms with Crippen molar-refractivity contribution in [1.82, 2.24) is 34.4 Å². The average Bonchev–Trinajstić information content (AvgIpc) is 0.815. The maximum absolute atomic E-state index is 10.1. The van der Waals surface area contributed by atoms with Crippen LogP contribution < -0.4 is 70.7 Å². The van der Waals surface area contributed by atoms with E-state index in [-0.39, 0.29) is 83.2 Å². The molecule has 7 aromatic carbocycles. The van der Waals surface area contributed by atoms with Crippen LogP contribution in [0.2, 0.25) is 0 Å². The van der Waals surface area contributed by atoms with E-state index in [1.54, 1.807) is 45.0 Å². The van der Waals surface area contributed by atoms with E-state index in [2.05, 4.69) is 247 Å². The van der Waals surface area contributed by atoms with Crippen molar-refractivity contribution >= 4 is 36.1 Å². The monoisotopic (exact) mass is 1870 g/mol. The first kappa shape index (κ1) is 109. The molecule has 6 atom stereocenters. The Hall–Kier alpha value is -4.79. The van der Waals surface area contributed by atoms with Crippen LogP contribution in [0.4, 0.5) is 0 Å². The minimum atomic E-state index is -0.750. The molecule has 684 valence electrons. The Morgan fingerprint density at radius 2 is 0.592 bits per heavy atom. The molecule has 0 spiro atoms. The van der Waals surface area contributed by atoms with Crippen molar-refractivity contribution in [2.24, 2.45) is 35.5 Å². The second-order valence-corrected chi connectivity index (χ2v) is 37.9. The number of aromatic hydroxyl groups is 1. The predicted octanol–water partition coefficient (Wildman–Crippen LogP) is 17.8. The van der Waals surface area contributed by atoms with E-state index in [0.29, 0.717) is 41.8 Å². The number of phenols is 1. The van der Waals surface area contributed by atoms with Gasteiger partial charge in [-0.2, -0.15) is 13.5 Å². The fourth-order valence-corrected chi connectivity index (χ4v) is 17.9. The molecule has 18 saturated heterocycles. The first-order valence-electron chi connectivity index (χ1n) is 47.3. The molecule has 26 rings (SSSR count). The van der Waals surface area contributed by atoms with Crippen molar-refractivity contribution in [3.63, 3.8) is 0 Å². The van der Waals surface area contributed by atoms with Crippen LogP contribution in [0.15, 0.2) is 206 Å². The number of phenolic OH excluding ortho intramolecular Hbond substituents is 1. The molecule has 12 bridgehead atoms. The summed E-state index contributed by atoms with van der Waals surface area (Å²) in [6.45, 7) is 47.1.